The number of piperidine rings is 2. The van der Waals surface area contributed by atoms with Crippen LogP contribution in [0.1, 0.15) is 72.1 Å². The molecule has 0 N–H and O–H groups in total. The van der Waals surface area contributed by atoms with Crippen molar-refractivity contribution in [3.05, 3.63) is 0 Å². The maximum Gasteiger partial charge on any atom is 0.00900 e. The van der Waals surface area contributed by atoms with Crippen LogP contribution in [0.4, 0.5) is 0 Å². The Hall–Kier alpha value is -0.0800. The summed E-state index contributed by atoms with van der Waals surface area (Å²) in [5, 5.41) is 0. The smallest absolute Gasteiger partial charge is 0.00900 e. The SMILES string of the molecule is CCC(CC)N1CCC(CC(C)N2CCCCC2)CC1. The zero-order valence-corrected chi connectivity index (χ0v) is 14.1. The maximum atomic E-state index is 2.75. The summed E-state index contributed by atoms with van der Waals surface area (Å²) < 4.78 is 0. The van der Waals surface area contributed by atoms with Crippen molar-refractivity contribution in [2.75, 3.05) is 26.2 Å². The van der Waals surface area contributed by atoms with Crippen LogP contribution in [0, 0.1) is 5.92 Å². The molecular weight excluding hydrogens is 244 g/mol. The second kappa shape index (κ2) is 8.38. The van der Waals surface area contributed by atoms with E-state index in [1.807, 2.05) is 0 Å². The first-order valence-electron chi connectivity index (χ1n) is 9.22. The van der Waals surface area contributed by atoms with E-state index in [0.29, 0.717) is 0 Å². The first-order valence-corrected chi connectivity index (χ1v) is 9.22. The number of nitrogens with zero attached hydrogens (tertiary/aromatic N) is 2. The molecule has 0 bridgehead atoms. The zero-order chi connectivity index (χ0) is 14.4. The number of hydrogen-bond acceptors (Lipinski definition) is 2. The van der Waals surface area contributed by atoms with Gasteiger partial charge in [0.15, 0.2) is 0 Å². The minimum Gasteiger partial charge on any atom is -0.301 e. The van der Waals surface area contributed by atoms with E-state index in [-0.39, 0.29) is 0 Å². The molecule has 2 heterocycles. The highest BCUT2D eigenvalue weighted by Crippen LogP contribution is 2.27. The Labute approximate surface area is 126 Å². The van der Waals surface area contributed by atoms with Gasteiger partial charge in [-0.2, -0.15) is 0 Å². The van der Waals surface area contributed by atoms with E-state index >= 15 is 0 Å². The summed E-state index contributed by atoms with van der Waals surface area (Å²) in [6.45, 7) is 12.6. The summed E-state index contributed by atoms with van der Waals surface area (Å²) in [5.74, 6) is 0.984. The summed E-state index contributed by atoms with van der Waals surface area (Å²) in [5.41, 5.74) is 0. The lowest BCUT2D eigenvalue weighted by Crippen LogP contribution is -2.43. The third-order valence-corrected chi connectivity index (χ3v) is 5.80. The van der Waals surface area contributed by atoms with Crippen molar-refractivity contribution in [2.45, 2.75) is 84.2 Å². The fraction of sp³-hybridized carbons (Fsp3) is 1.00. The molecule has 0 amide bonds. The van der Waals surface area contributed by atoms with Crippen LogP contribution in [0.3, 0.4) is 0 Å². The molecule has 0 aliphatic carbocycles. The van der Waals surface area contributed by atoms with Gasteiger partial charge < -0.3 is 9.80 Å². The highest BCUT2D eigenvalue weighted by molar-refractivity contribution is 4.81. The van der Waals surface area contributed by atoms with Gasteiger partial charge in [0, 0.05) is 12.1 Å². The summed E-state index contributed by atoms with van der Waals surface area (Å²) in [6, 6.07) is 1.66. The van der Waals surface area contributed by atoms with E-state index < -0.39 is 0 Å². The summed E-state index contributed by atoms with van der Waals surface area (Å²) in [7, 11) is 0. The van der Waals surface area contributed by atoms with Gasteiger partial charge in [0.1, 0.15) is 0 Å². The van der Waals surface area contributed by atoms with Gasteiger partial charge >= 0.3 is 0 Å². The molecule has 0 saturated carbocycles. The topological polar surface area (TPSA) is 6.48 Å². The Morgan fingerprint density at radius 1 is 0.850 bits per heavy atom. The second-order valence-corrected chi connectivity index (χ2v) is 7.13. The predicted octanol–water partition coefficient (Wildman–Crippen LogP) is 4.15. The van der Waals surface area contributed by atoms with Crippen LogP contribution in [-0.2, 0) is 0 Å². The van der Waals surface area contributed by atoms with Gasteiger partial charge in [0.25, 0.3) is 0 Å². The average Bonchev–Trinajstić information content (AvgIpc) is 2.51. The van der Waals surface area contributed by atoms with E-state index in [9.17, 15) is 0 Å². The van der Waals surface area contributed by atoms with E-state index in [2.05, 4.69) is 30.6 Å². The lowest BCUT2D eigenvalue weighted by Gasteiger charge is -2.39. The molecule has 0 radical (unpaired) electrons. The van der Waals surface area contributed by atoms with Crippen molar-refractivity contribution in [3.63, 3.8) is 0 Å². The number of rotatable bonds is 6. The quantitative estimate of drug-likeness (QED) is 0.721. The third kappa shape index (κ3) is 4.46. The largest absolute Gasteiger partial charge is 0.301 e. The highest BCUT2D eigenvalue weighted by atomic mass is 15.2. The molecule has 0 aromatic carbocycles. The lowest BCUT2D eigenvalue weighted by atomic mass is 9.88. The molecule has 0 aromatic heterocycles. The van der Waals surface area contributed by atoms with Gasteiger partial charge in [0.05, 0.1) is 0 Å². The highest BCUT2D eigenvalue weighted by Gasteiger charge is 2.26. The molecule has 0 aromatic rings. The van der Waals surface area contributed by atoms with E-state index in [1.165, 1.54) is 77.5 Å². The fourth-order valence-corrected chi connectivity index (χ4v) is 4.35. The van der Waals surface area contributed by atoms with Crippen molar-refractivity contribution >= 4 is 0 Å². The van der Waals surface area contributed by atoms with Gasteiger partial charge in [-0.05, 0) is 84.0 Å². The Balaban J connectivity index is 1.70. The van der Waals surface area contributed by atoms with Gasteiger partial charge in [-0.1, -0.05) is 20.3 Å². The summed E-state index contributed by atoms with van der Waals surface area (Å²) >= 11 is 0. The molecule has 2 aliphatic rings. The molecule has 20 heavy (non-hydrogen) atoms. The van der Waals surface area contributed by atoms with E-state index in [4.69, 9.17) is 0 Å². The van der Waals surface area contributed by atoms with Crippen LogP contribution in [0.25, 0.3) is 0 Å². The van der Waals surface area contributed by atoms with Gasteiger partial charge in [-0.15, -0.1) is 0 Å². The molecule has 1 atom stereocenters. The van der Waals surface area contributed by atoms with Crippen molar-refractivity contribution in [3.8, 4) is 0 Å². The Bertz CT molecular complexity index is 248. The van der Waals surface area contributed by atoms with Crippen LogP contribution in [0.5, 0.6) is 0 Å². The Kier molecular flexibility index (Phi) is 6.83. The van der Waals surface area contributed by atoms with Crippen molar-refractivity contribution < 1.29 is 0 Å². The molecule has 2 saturated heterocycles. The van der Waals surface area contributed by atoms with Crippen molar-refractivity contribution in [2.24, 2.45) is 5.92 Å². The molecule has 118 valence electrons. The molecule has 0 spiro atoms. The van der Waals surface area contributed by atoms with Crippen LogP contribution in [0.2, 0.25) is 0 Å². The molecule has 1 unspecified atom stereocenters. The number of hydrogen-bond donors (Lipinski definition) is 0. The third-order valence-electron chi connectivity index (χ3n) is 5.80. The van der Waals surface area contributed by atoms with Crippen LogP contribution in [-0.4, -0.2) is 48.1 Å². The van der Waals surface area contributed by atoms with Crippen LogP contribution in [0.15, 0.2) is 0 Å². The minimum absolute atomic E-state index is 0.819. The van der Waals surface area contributed by atoms with Gasteiger partial charge in [-0.25, -0.2) is 0 Å². The summed E-state index contributed by atoms with van der Waals surface area (Å²) in [4.78, 5) is 5.50. The minimum atomic E-state index is 0.819. The molecule has 2 aliphatic heterocycles. The molecule has 2 heteroatoms. The standard InChI is InChI=1S/C18H36N2/c1-4-18(5-2)20-13-9-17(10-14-20)15-16(3)19-11-7-6-8-12-19/h16-18H,4-15H2,1-3H3. The van der Waals surface area contributed by atoms with E-state index in [1.54, 1.807) is 0 Å². The normalized spacial score (nSPS) is 25.2. The zero-order valence-electron chi connectivity index (χ0n) is 14.1. The lowest BCUT2D eigenvalue weighted by molar-refractivity contribution is 0.0971. The van der Waals surface area contributed by atoms with Crippen molar-refractivity contribution in [1.29, 1.82) is 0 Å². The maximum absolute atomic E-state index is 2.75. The van der Waals surface area contributed by atoms with E-state index in [0.717, 1.165) is 18.0 Å². The monoisotopic (exact) mass is 280 g/mol. The molecule has 2 rings (SSSR count). The van der Waals surface area contributed by atoms with Crippen LogP contribution >= 0.6 is 0 Å². The molecule has 2 fully saturated rings. The molecule has 2 nitrogen and oxygen atoms in total. The average molecular weight is 280 g/mol. The first kappa shape index (κ1) is 16.3. The predicted molar refractivity (Wildman–Crippen MR) is 88.2 cm³/mol. The Morgan fingerprint density at radius 2 is 1.45 bits per heavy atom. The van der Waals surface area contributed by atoms with Crippen molar-refractivity contribution in [1.82, 2.24) is 9.80 Å². The van der Waals surface area contributed by atoms with Gasteiger partial charge in [0.2, 0.25) is 0 Å². The molecular formula is C18H36N2. The fourth-order valence-electron chi connectivity index (χ4n) is 4.35. The van der Waals surface area contributed by atoms with Crippen LogP contribution < -0.4 is 0 Å². The first-order chi connectivity index (χ1) is 9.74. The van der Waals surface area contributed by atoms with Gasteiger partial charge in [-0.3, -0.25) is 0 Å². The Morgan fingerprint density at radius 3 is 2.00 bits per heavy atom. The second-order valence-electron chi connectivity index (χ2n) is 7.13. The number of likely N-dealkylation sites (tertiary alicyclic amines) is 2. The summed E-state index contributed by atoms with van der Waals surface area (Å²) in [6.07, 6.45) is 11.3.